The molecule has 0 atom stereocenters. The molecular weight excluding hydrogens is 242 g/mol. The van der Waals surface area contributed by atoms with Crippen LogP contribution >= 0.6 is 11.8 Å². The van der Waals surface area contributed by atoms with E-state index in [-0.39, 0.29) is 17.3 Å². The number of carbonyl (C=O) groups excluding carboxylic acids is 1. The maximum absolute atomic E-state index is 11.4. The summed E-state index contributed by atoms with van der Waals surface area (Å²) < 4.78 is 4.68. The minimum atomic E-state index is -0.650. The van der Waals surface area contributed by atoms with Crippen molar-refractivity contribution in [2.75, 3.05) is 18.6 Å². The van der Waals surface area contributed by atoms with Crippen molar-refractivity contribution in [3.8, 4) is 0 Å². The molecule has 17 heavy (non-hydrogen) atoms. The average molecular weight is 257 g/mol. The number of esters is 1. The van der Waals surface area contributed by atoms with E-state index in [0.717, 1.165) is 0 Å². The Balaban J connectivity index is 2.73. The first-order valence-corrected chi connectivity index (χ1v) is 5.92. The molecule has 1 aromatic heterocycles. The Morgan fingerprint density at radius 2 is 2.29 bits per heavy atom. The van der Waals surface area contributed by atoms with Gasteiger partial charge in [0.05, 0.1) is 12.5 Å². The smallest absolute Gasteiger partial charge is 0.312 e. The topological polar surface area (TPSA) is 98.1 Å². The van der Waals surface area contributed by atoms with Crippen molar-refractivity contribution in [3.63, 3.8) is 0 Å². The van der Waals surface area contributed by atoms with E-state index in [9.17, 15) is 9.59 Å². The second-order valence-electron chi connectivity index (χ2n) is 4.14. The molecule has 0 fully saturated rings. The number of nitrogens with two attached hydrogens (primary N) is 1. The van der Waals surface area contributed by atoms with Gasteiger partial charge in [-0.15, -0.1) is 0 Å². The molecule has 7 heteroatoms. The van der Waals surface area contributed by atoms with Crippen LogP contribution in [0.25, 0.3) is 0 Å². The highest BCUT2D eigenvalue weighted by Gasteiger charge is 2.29. The van der Waals surface area contributed by atoms with Gasteiger partial charge < -0.3 is 15.5 Å². The molecule has 0 aromatic carbocycles. The van der Waals surface area contributed by atoms with Crippen molar-refractivity contribution in [1.29, 1.82) is 0 Å². The lowest BCUT2D eigenvalue weighted by Crippen LogP contribution is -2.28. The Bertz CT molecular complexity index is 470. The maximum atomic E-state index is 11.4. The van der Waals surface area contributed by atoms with E-state index in [1.165, 1.54) is 24.9 Å². The number of aromatic amines is 1. The van der Waals surface area contributed by atoms with Crippen molar-refractivity contribution in [2.24, 2.45) is 5.41 Å². The SMILES string of the molecule is COC(=O)C(C)(C)CSc1nc(N)cc(=O)[nH]1. The number of hydrogen-bond donors (Lipinski definition) is 2. The van der Waals surface area contributed by atoms with Gasteiger partial charge in [0.1, 0.15) is 5.82 Å². The Kier molecular flexibility index (Phi) is 4.17. The lowest BCUT2D eigenvalue weighted by Gasteiger charge is -2.20. The quantitative estimate of drug-likeness (QED) is 0.466. The minimum absolute atomic E-state index is 0.159. The van der Waals surface area contributed by atoms with Crippen LogP contribution in [0.1, 0.15) is 13.8 Å². The molecule has 6 nitrogen and oxygen atoms in total. The van der Waals surface area contributed by atoms with Gasteiger partial charge in [-0.3, -0.25) is 9.59 Å². The predicted molar refractivity (Wildman–Crippen MR) is 65.8 cm³/mol. The number of nitrogens with zero attached hydrogens (tertiary/aromatic N) is 1. The van der Waals surface area contributed by atoms with E-state index >= 15 is 0 Å². The van der Waals surface area contributed by atoms with Gasteiger partial charge in [0.2, 0.25) is 0 Å². The van der Waals surface area contributed by atoms with Crippen LogP contribution in [0.4, 0.5) is 5.82 Å². The first-order chi connectivity index (χ1) is 7.85. The zero-order chi connectivity index (χ0) is 13.1. The summed E-state index contributed by atoms with van der Waals surface area (Å²) in [6.45, 7) is 3.52. The number of nitrogens with one attached hydrogen (secondary N) is 1. The lowest BCUT2D eigenvalue weighted by molar-refractivity contribution is -0.149. The van der Waals surface area contributed by atoms with E-state index in [4.69, 9.17) is 5.73 Å². The van der Waals surface area contributed by atoms with Crippen LogP contribution in [-0.4, -0.2) is 28.8 Å². The van der Waals surface area contributed by atoms with Crippen LogP contribution in [0.3, 0.4) is 0 Å². The fourth-order valence-corrected chi connectivity index (χ4v) is 2.06. The molecule has 0 aliphatic heterocycles. The molecule has 1 rings (SSSR count). The van der Waals surface area contributed by atoms with Crippen molar-refractivity contribution in [2.45, 2.75) is 19.0 Å². The highest BCUT2D eigenvalue weighted by atomic mass is 32.2. The normalized spacial score (nSPS) is 11.2. The molecule has 1 heterocycles. The number of carbonyl (C=O) groups is 1. The number of nitrogen functional groups attached to an aromatic ring is 1. The van der Waals surface area contributed by atoms with Gasteiger partial charge in [-0.1, -0.05) is 11.8 Å². The van der Waals surface area contributed by atoms with Crippen molar-refractivity contribution >= 4 is 23.5 Å². The summed E-state index contributed by atoms with van der Waals surface area (Å²) in [7, 11) is 1.34. The van der Waals surface area contributed by atoms with Gasteiger partial charge in [0, 0.05) is 11.8 Å². The highest BCUT2D eigenvalue weighted by Crippen LogP contribution is 2.26. The molecule has 0 aliphatic carbocycles. The van der Waals surface area contributed by atoms with Crippen LogP contribution in [0, 0.1) is 5.41 Å². The zero-order valence-corrected chi connectivity index (χ0v) is 10.8. The summed E-state index contributed by atoms with van der Waals surface area (Å²) >= 11 is 1.25. The van der Waals surface area contributed by atoms with Gasteiger partial charge in [-0.05, 0) is 13.8 Å². The van der Waals surface area contributed by atoms with Crippen LogP contribution in [0.5, 0.6) is 0 Å². The van der Waals surface area contributed by atoms with E-state index in [2.05, 4.69) is 14.7 Å². The molecule has 94 valence electrons. The largest absolute Gasteiger partial charge is 0.469 e. The Hall–Kier alpha value is -1.50. The third-order valence-electron chi connectivity index (χ3n) is 2.05. The lowest BCUT2D eigenvalue weighted by atomic mass is 9.97. The van der Waals surface area contributed by atoms with Crippen LogP contribution in [-0.2, 0) is 9.53 Å². The van der Waals surface area contributed by atoms with Gasteiger partial charge in [0.25, 0.3) is 5.56 Å². The van der Waals surface area contributed by atoms with Gasteiger partial charge in [-0.2, -0.15) is 0 Å². The summed E-state index contributed by atoms with van der Waals surface area (Å²) in [6.07, 6.45) is 0. The molecule has 0 radical (unpaired) electrons. The number of ether oxygens (including phenoxy) is 1. The number of thioether (sulfide) groups is 1. The second-order valence-corrected chi connectivity index (χ2v) is 5.10. The molecule has 0 saturated carbocycles. The molecule has 0 aliphatic rings. The summed E-state index contributed by atoms with van der Waals surface area (Å²) in [4.78, 5) is 29.1. The minimum Gasteiger partial charge on any atom is -0.469 e. The highest BCUT2D eigenvalue weighted by molar-refractivity contribution is 7.99. The fraction of sp³-hybridized carbons (Fsp3) is 0.500. The molecule has 0 unspecified atom stereocenters. The summed E-state index contributed by atoms with van der Waals surface area (Å²) in [5.41, 5.74) is 4.49. The fourth-order valence-electron chi connectivity index (χ4n) is 1.11. The van der Waals surface area contributed by atoms with E-state index < -0.39 is 5.41 Å². The molecule has 0 amide bonds. The van der Waals surface area contributed by atoms with Crippen LogP contribution in [0.15, 0.2) is 16.0 Å². The zero-order valence-electron chi connectivity index (χ0n) is 9.94. The van der Waals surface area contributed by atoms with Crippen LogP contribution < -0.4 is 11.3 Å². The standard InChI is InChI=1S/C10H15N3O3S/c1-10(2,8(15)16-3)5-17-9-12-6(11)4-7(14)13-9/h4H,5H2,1-3H3,(H3,11,12,13,14). The number of methoxy groups -OCH3 is 1. The van der Waals surface area contributed by atoms with E-state index in [1.807, 2.05) is 0 Å². The number of anilines is 1. The van der Waals surface area contributed by atoms with Gasteiger partial charge in [0.15, 0.2) is 5.16 Å². The first kappa shape index (κ1) is 13.6. The Labute approximate surface area is 103 Å². The Morgan fingerprint density at radius 3 is 2.82 bits per heavy atom. The van der Waals surface area contributed by atoms with Crippen molar-refractivity contribution in [1.82, 2.24) is 9.97 Å². The summed E-state index contributed by atoms with van der Waals surface area (Å²) in [5.74, 6) is 0.287. The molecule has 0 saturated heterocycles. The molecule has 3 N–H and O–H groups in total. The molecular formula is C10H15N3O3S. The number of hydrogen-bond acceptors (Lipinski definition) is 6. The van der Waals surface area contributed by atoms with Crippen molar-refractivity contribution < 1.29 is 9.53 Å². The third-order valence-corrected chi connectivity index (χ3v) is 3.38. The van der Waals surface area contributed by atoms with E-state index in [0.29, 0.717) is 10.9 Å². The van der Waals surface area contributed by atoms with Gasteiger partial charge >= 0.3 is 5.97 Å². The third kappa shape index (κ3) is 3.77. The average Bonchev–Trinajstić information content (AvgIpc) is 2.24. The number of rotatable bonds is 4. The second kappa shape index (κ2) is 5.22. The molecule has 1 aromatic rings. The predicted octanol–water partition coefficient (Wildman–Crippen LogP) is 0.643. The molecule has 0 bridgehead atoms. The monoisotopic (exact) mass is 257 g/mol. The van der Waals surface area contributed by atoms with Crippen molar-refractivity contribution in [3.05, 3.63) is 16.4 Å². The number of H-pyrrole nitrogens is 1. The Morgan fingerprint density at radius 1 is 1.65 bits per heavy atom. The summed E-state index contributed by atoms with van der Waals surface area (Å²) in [5, 5.41) is 0.395. The van der Waals surface area contributed by atoms with E-state index in [1.54, 1.807) is 13.8 Å². The number of aromatic nitrogens is 2. The first-order valence-electron chi connectivity index (χ1n) is 4.93. The van der Waals surface area contributed by atoms with Gasteiger partial charge in [-0.25, -0.2) is 4.98 Å². The molecule has 0 spiro atoms. The van der Waals surface area contributed by atoms with Crippen LogP contribution in [0.2, 0.25) is 0 Å². The maximum Gasteiger partial charge on any atom is 0.312 e. The summed E-state index contributed by atoms with van der Waals surface area (Å²) in [6, 6.07) is 1.20.